The topological polar surface area (TPSA) is 92.6 Å². The number of aliphatic hydroxyl groups is 1. The van der Waals surface area contributed by atoms with E-state index in [4.69, 9.17) is 11.5 Å². The molecule has 5 N–H and O–H groups in total. The summed E-state index contributed by atoms with van der Waals surface area (Å²) in [5.74, 6) is -1.19. The van der Waals surface area contributed by atoms with Crippen LogP contribution in [0.15, 0.2) is 12.1 Å². The summed E-state index contributed by atoms with van der Waals surface area (Å²) in [6.07, 6.45) is 1.67. The predicted octanol–water partition coefficient (Wildman–Crippen LogP) is 0.468. The van der Waals surface area contributed by atoms with Gasteiger partial charge in [0, 0.05) is 12.2 Å². The summed E-state index contributed by atoms with van der Waals surface area (Å²) in [6, 6.07) is 2.34. The average molecular weight is 253 g/mol. The zero-order valence-electron chi connectivity index (χ0n) is 9.90. The SMILES string of the molecule is NC(=O)c1cc(N2CCCC2CO)c(F)cc1N. The van der Waals surface area contributed by atoms with E-state index in [2.05, 4.69) is 0 Å². The third-order valence-corrected chi connectivity index (χ3v) is 3.28. The van der Waals surface area contributed by atoms with Gasteiger partial charge in [0.05, 0.1) is 23.9 Å². The van der Waals surface area contributed by atoms with E-state index in [0.29, 0.717) is 6.54 Å². The molecule has 1 aliphatic rings. The highest BCUT2D eigenvalue weighted by Gasteiger charge is 2.27. The van der Waals surface area contributed by atoms with Crippen LogP contribution in [0, 0.1) is 5.82 Å². The number of nitrogen functional groups attached to an aromatic ring is 1. The van der Waals surface area contributed by atoms with Crippen molar-refractivity contribution in [2.45, 2.75) is 18.9 Å². The second kappa shape index (κ2) is 4.81. The largest absolute Gasteiger partial charge is 0.398 e. The van der Waals surface area contributed by atoms with Crippen molar-refractivity contribution in [2.75, 3.05) is 23.8 Å². The number of nitrogens with two attached hydrogens (primary N) is 2. The molecule has 0 radical (unpaired) electrons. The highest BCUT2D eigenvalue weighted by molar-refractivity contribution is 5.99. The minimum Gasteiger partial charge on any atom is -0.398 e. The minimum absolute atomic E-state index is 0.0310. The first kappa shape index (κ1) is 12.6. The second-order valence-corrected chi connectivity index (χ2v) is 4.43. The Kier molecular flexibility index (Phi) is 3.38. The molecule has 1 amide bonds. The molecule has 1 unspecified atom stereocenters. The lowest BCUT2D eigenvalue weighted by molar-refractivity contribution is 0.100. The van der Waals surface area contributed by atoms with Crippen LogP contribution in [-0.2, 0) is 0 Å². The molecule has 1 heterocycles. The molecule has 5 nitrogen and oxygen atoms in total. The Morgan fingerprint density at radius 3 is 2.89 bits per heavy atom. The summed E-state index contributed by atoms with van der Waals surface area (Å²) in [6.45, 7) is 0.597. The summed E-state index contributed by atoms with van der Waals surface area (Å²) in [5, 5.41) is 9.24. The molecule has 1 aliphatic heterocycles. The van der Waals surface area contributed by atoms with Crippen LogP contribution in [0.25, 0.3) is 0 Å². The lowest BCUT2D eigenvalue weighted by atomic mass is 10.1. The van der Waals surface area contributed by atoms with Crippen molar-refractivity contribution in [1.29, 1.82) is 0 Å². The molecule has 1 aromatic rings. The maximum Gasteiger partial charge on any atom is 0.250 e. The third kappa shape index (κ3) is 2.11. The summed E-state index contributed by atoms with van der Waals surface area (Å²) in [7, 11) is 0. The van der Waals surface area contributed by atoms with E-state index in [1.165, 1.54) is 6.07 Å². The van der Waals surface area contributed by atoms with E-state index in [9.17, 15) is 14.3 Å². The van der Waals surface area contributed by atoms with Crippen LogP contribution in [0.3, 0.4) is 0 Å². The van der Waals surface area contributed by atoms with Crippen molar-refractivity contribution in [3.8, 4) is 0 Å². The highest BCUT2D eigenvalue weighted by Crippen LogP contribution is 2.30. The van der Waals surface area contributed by atoms with Crippen LogP contribution in [-0.4, -0.2) is 30.2 Å². The number of primary amides is 1. The Morgan fingerprint density at radius 1 is 1.56 bits per heavy atom. The second-order valence-electron chi connectivity index (χ2n) is 4.43. The number of hydrogen-bond acceptors (Lipinski definition) is 4. The fourth-order valence-corrected chi connectivity index (χ4v) is 2.35. The maximum atomic E-state index is 13.9. The third-order valence-electron chi connectivity index (χ3n) is 3.28. The number of carbonyl (C=O) groups is 1. The first-order valence-electron chi connectivity index (χ1n) is 5.81. The molecule has 1 atom stereocenters. The normalized spacial score (nSPS) is 19.2. The van der Waals surface area contributed by atoms with Gasteiger partial charge in [0.15, 0.2) is 0 Å². The molecule has 6 heteroatoms. The Labute approximate surface area is 104 Å². The van der Waals surface area contributed by atoms with Gasteiger partial charge >= 0.3 is 0 Å². The fourth-order valence-electron chi connectivity index (χ4n) is 2.35. The number of hydrogen-bond donors (Lipinski definition) is 3. The van der Waals surface area contributed by atoms with Crippen LogP contribution in [0.1, 0.15) is 23.2 Å². The summed E-state index contributed by atoms with van der Waals surface area (Å²) in [5.41, 5.74) is 11.1. The molecule has 0 spiro atoms. The smallest absolute Gasteiger partial charge is 0.250 e. The van der Waals surface area contributed by atoms with Crippen molar-refractivity contribution in [1.82, 2.24) is 0 Å². The summed E-state index contributed by atoms with van der Waals surface area (Å²) < 4.78 is 13.9. The molecular formula is C12H16FN3O2. The zero-order chi connectivity index (χ0) is 13.3. The number of nitrogens with zero attached hydrogens (tertiary/aromatic N) is 1. The molecule has 0 bridgehead atoms. The van der Waals surface area contributed by atoms with Gasteiger partial charge in [-0.3, -0.25) is 4.79 Å². The Bertz CT molecular complexity index is 479. The predicted molar refractivity (Wildman–Crippen MR) is 66.8 cm³/mol. The fraction of sp³-hybridized carbons (Fsp3) is 0.417. The van der Waals surface area contributed by atoms with Gasteiger partial charge in [-0.05, 0) is 25.0 Å². The molecule has 2 rings (SSSR count). The number of carbonyl (C=O) groups excluding carboxylic acids is 1. The standard InChI is InChI=1S/C12H16FN3O2/c13-9-5-10(14)8(12(15)18)4-11(9)16-3-1-2-7(16)6-17/h4-5,7,17H,1-3,6,14H2,(H2,15,18). The molecule has 98 valence electrons. The number of halogens is 1. The monoisotopic (exact) mass is 253 g/mol. The Balaban J connectivity index is 2.44. The highest BCUT2D eigenvalue weighted by atomic mass is 19.1. The van der Waals surface area contributed by atoms with Crippen molar-refractivity contribution < 1.29 is 14.3 Å². The molecule has 0 aliphatic carbocycles. The molecule has 0 saturated carbocycles. The first-order valence-corrected chi connectivity index (χ1v) is 5.81. The number of anilines is 2. The van der Waals surface area contributed by atoms with Crippen molar-refractivity contribution in [2.24, 2.45) is 5.73 Å². The van der Waals surface area contributed by atoms with Gasteiger partial charge in [0.25, 0.3) is 5.91 Å². The lowest BCUT2D eigenvalue weighted by Crippen LogP contribution is -2.33. The summed E-state index contributed by atoms with van der Waals surface area (Å²) >= 11 is 0. The van der Waals surface area contributed by atoms with Crippen LogP contribution >= 0.6 is 0 Å². The Morgan fingerprint density at radius 2 is 2.28 bits per heavy atom. The molecule has 1 saturated heterocycles. The molecule has 1 fully saturated rings. The minimum atomic E-state index is -0.687. The van der Waals surface area contributed by atoms with Crippen LogP contribution in [0.2, 0.25) is 0 Å². The molecule has 18 heavy (non-hydrogen) atoms. The number of rotatable bonds is 3. The maximum absolute atomic E-state index is 13.9. The van der Waals surface area contributed by atoms with Crippen molar-refractivity contribution in [3.05, 3.63) is 23.5 Å². The van der Waals surface area contributed by atoms with Crippen LogP contribution in [0.4, 0.5) is 15.8 Å². The van der Waals surface area contributed by atoms with Gasteiger partial charge in [-0.15, -0.1) is 0 Å². The zero-order valence-corrected chi connectivity index (χ0v) is 9.90. The summed E-state index contributed by atoms with van der Waals surface area (Å²) in [4.78, 5) is 13.0. The molecule has 0 aromatic heterocycles. The van der Waals surface area contributed by atoms with Crippen LogP contribution in [0.5, 0.6) is 0 Å². The van der Waals surface area contributed by atoms with Gasteiger partial charge in [0.1, 0.15) is 5.82 Å². The van der Waals surface area contributed by atoms with E-state index < -0.39 is 11.7 Å². The lowest BCUT2D eigenvalue weighted by Gasteiger charge is -2.26. The van der Waals surface area contributed by atoms with Gasteiger partial charge in [-0.2, -0.15) is 0 Å². The molecular weight excluding hydrogens is 237 g/mol. The van der Waals surface area contributed by atoms with Crippen LogP contribution < -0.4 is 16.4 Å². The van der Waals surface area contributed by atoms with Crippen molar-refractivity contribution in [3.63, 3.8) is 0 Å². The molecule has 1 aromatic carbocycles. The Hall–Kier alpha value is -1.82. The van der Waals surface area contributed by atoms with E-state index in [1.54, 1.807) is 4.90 Å². The van der Waals surface area contributed by atoms with Crippen molar-refractivity contribution >= 4 is 17.3 Å². The first-order chi connectivity index (χ1) is 8.54. The van der Waals surface area contributed by atoms with Gasteiger partial charge in [-0.1, -0.05) is 0 Å². The average Bonchev–Trinajstić information content (AvgIpc) is 2.76. The van der Waals surface area contributed by atoms with Gasteiger partial charge in [0.2, 0.25) is 0 Å². The van der Waals surface area contributed by atoms with E-state index in [-0.39, 0.29) is 29.6 Å². The number of aliphatic hydroxyl groups excluding tert-OH is 1. The number of amides is 1. The van der Waals surface area contributed by atoms with Gasteiger partial charge < -0.3 is 21.5 Å². The van der Waals surface area contributed by atoms with E-state index in [0.717, 1.165) is 18.9 Å². The van der Waals surface area contributed by atoms with Gasteiger partial charge in [-0.25, -0.2) is 4.39 Å². The van der Waals surface area contributed by atoms with E-state index >= 15 is 0 Å². The number of benzene rings is 1. The van der Waals surface area contributed by atoms with E-state index in [1.807, 2.05) is 0 Å². The quantitative estimate of drug-likeness (QED) is 0.683.